The summed E-state index contributed by atoms with van der Waals surface area (Å²) < 4.78 is 32.0. The van der Waals surface area contributed by atoms with Crippen LogP contribution < -0.4 is 4.72 Å². The third-order valence-electron chi connectivity index (χ3n) is 2.69. The lowest BCUT2D eigenvalue weighted by atomic mass is 10.1. The van der Waals surface area contributed by atoms with Crippen LogP contribution in [0.2, 0.25) is 0 Å². The van der Waals surface area contributed by atoms with Gasteiger partial charge in [-0.05, 0) is 31.5 Å². The summed E-state index contributed by atoms with van der Waals surface area (Å²) in [4.78, 5) is 0.104. The van der Waals surface area contributed by atoms with Gasteiger partial charge in [0.25, 0.3) is 0 Å². The molecule has 0 aliphatic rings. The topological polar surface area (TPSA) is 75.6 Å². The number of aliphatic hydroxyl groups excluding tert-OH is 1. The Morgan fingerprint density at radius 2 is 2.15 bits per heavy atom. The Morgan fingerprint density at radius 1 is 1.45 bits per heavy atom. The normalized spacial score (nSPS) is 12.6. The molecule has 1 aromatic rings. The van der Waals surface area contributed by atoms with Gasteiger partial charge in [0, 0.05) is 19.2 Å². The van der Waals surface area contributed by atoms with Crippen LogP contribution in [-0.2, 0) is 14.8 Å². The molecule has 0 spiro atoms. The van der Waals surface area contributed by atoms with E-state index in [1.54, 1.807) is 19.1 Å². The Bertz CT molecular complexity index is 614. The fraction of sp³-hybridized carbons (Fsp3) is 0.429. The van der Waals surface area contributed by atoms with Crippen LogP contribution in [0.5, 0.6) is 0 Å². The van der Waals surface area contributed by atoms with Crippen LogP contribution in [-0.4, -0.2) is 39.9 Å². The zero-order chi connectivity index (χ0) is 15.2. The first-order valence-corrected chi connectivity index (χ1v) is 7.62. The number of aliphatic hydroxyl groups is 1. The Morgan fingerprint density at radius 3 is 2.75 bits per heavy atom. The minimum Gasteiger partial charge on any atom is -0.384 e. The number of ether oxygens (including phenoxy) is 1. The van der Waals surface area contributed by atoms with E-state index in [0.717, 1.165) is 5.56 Å². The van der Waals surface area contributed by atoms with E-state index in [4.69, 9.17) is 9.84 Å². The minimum absolute atomic E-state index is 0.104. The summed E-state index contributed by atoms with van der Waals surface area (Å²) in [6, 6.07) is 4.89. The monoisotopic (exact) mass is 297 g/mol. The highest BCUT2D eigenvalue weighted by molar-refractivity contribution is 7.89. The fourth-order valence-electron chi connectivity index (χ4n) is 1.50. The Kier molecular flexibility index (Phi) is 6.17. The number of aryl methyl sites for hydroxylation is 1. The largest absolute Gasteiger partial charge is 0.384 e. The molecule has 0 heterocycles. The van der Waals surface area contributed by atoms with Crippen molar-refractivity contribution in [2.75, 3.05) is 20.3 Å². The Labute approximate surface area is 120 Å². The third kappa shape index (κ3) is 4.62. The van der Waals surface area contributed by atoms with Gasteiger partial charge in [-0.25, -0.2) is 13.1 Å². The van der Waals surface area contributed by atoms with Gasteiger partial charge in [-0.1, -0.05) is 17.9 Å². The van der Waals surface area contributed by atoms with Crippen LogP contribution in [0.1, 0.15) is 18.1 Å². The molecule has 0 bridgehead atoms. The second-order valence-corrected chi connectivity index (χ2v) is 6.09. The second kappa shape index (κ2) is 7.41. The summed E-state index contributed by atoms with van der Waals surface area (Å²) in [7, 11) is -2.14. The molecule has 1 unspecified atom stereocenters. The zero-order valence-electron chi connectivity index (χ0n) is 11.8. The van der Waals surface area contributed by atoms with Crippen molar-refractivity contribution in [3.05, 3.63) is 29.3 Å². The van der Waals surface area contributed by atoms with Crippen molar-refractivity contribution in [2.45, 2.75) is 24.8 Å². The van der Waals surface area contributed by atoms with Crippen molar-refractivity contribution < 1.29 is 18.3 Å². The second-order valence-electron chi connectivity index (χ2n) is 4.36. The van der Waals surface area contributed by atoms with Crippen molar-refractivity contribution in [3.8, 4) is 11.8 Å². The predicted molar refractivity (Wildman–Crippen MR) is 76.8 cm³/mol. The lowest BCUT2D eigenvalue weighted by molar-refractivity contribution is 0.122. The van der Waals surface area contributed by atoms with Gasteiger partial charge in [-0.15, -0.1) is 0 Å². The first-order valence-electron chi connectivity index (χ1n) is 6.13. The Balaban J connectivity index is 3.11. The molecule has 1 rings (SSSR count). The number of rotatable bonds is 5. The molecule has 0 saturated heterocycles. The summed E-state index contributed by atoms with van der Waals surface area (Å²) in [6.45, 7) is 3.48. The summed E-state index contributed by atoms with van der Waals surface area (Å²) in [5.41, 5.74) is 1.27. The molecule has 2 N–H and O–H groups in total. The van der Waals surface area contributed by atoms with E-state index >= 15 is 0 Å². The van der Waals surface area contributed by atoms with Gasteiger partial charge < -0.3 is 9.84 Å². The first kappa shape index (κ1) is 16.7. The predicted octanol–water partition coefficient (Wildman–Crippen LogP) is 0.652. The van der Waals surface area contributed by atoms with Gasteiger partial charge in [0.1, 0.15) is 6.61 Å². The van der Waals surface area contributed by atoms with E-state index in [0.29, 0.717) is 5.56 Å². The smallest absolute Gasteiger partial charge is 0.241 e. The van der Waals surface area contributed by atoms with Crippen LogP contribution >= 0.6 is 0 Å². The highest BCUT2D eigenvalue weighted by Crippen LogP contribution is 2.16. The van der Waals surface area contributed by atoms with Crippen molar-refractivity contribution in [3.63, 3.8) is 0 Å². The zero-order valence-corrected chi connectivity index (χ0v) is 12.6. The van der Waals surface area contributed by atoms with Crippen LogP contribution in [0.3, 0.4) is 0 Å². The standard InChI is InChI=1S/C14H19NO4S/c1-11-6-7-14(13(9-11)5-4-8-16)20(17,18)15-10-12(2)19-3/h6-7,9,12,15-16H,8,10H2,1-3H3. The number of benzene rings is 1. The molecule has 110 valence electrons. The highest BCUT2D eigenvalue weighted by atomic mass is 32.2. The van der Waals surface area contributed by atoms with Crippen LogP contribution in [0, 0.1) is 18.8 Å². The maximum atomic E-state index is 12.3. The van der Waals surface area contributed by atoms with Crippen molar-refractivity contribution in [1.29, 1.82) is 0 Å². The molecule has 20 heavy (non-hydrogen) atoms. The van der Waals surface area contributed by atoms with Gasteiger partial charge in [0.15, 0.2) is 0 Å². The van der Waals surface area contributed by atoms with Crippen LogP contribution in [0.15, 0.2) is 23.1 Å². The average molecular weight is 297 g/mol. The van der Waals surface area contributed by atoms with Crippen molar-refractivity contribution in [1.82, 2.24) is 4.72 Å². The summed E-state index contributed by atoms with van der Waals surface area (Å²) >= 11 is 0. The molecular weight excluding hydrogens is 278 g/mol. The number of sulfonamides is 1. The quantitative estimate of drug-likeness (QED) is 0.783. The van der Waals surface area contributed by atoms with E-state index in [1.165, 1.54) is 13.2 Å². The van der Waals surface area contributed by atoms with E-state index in [1.807, 2.05) is 6.92 Å². The molecule has 0 fully saturated rings. The number of hydrogen-bond acceptors (Lipinski definition) is 4. The lowest BCUT2D eigenvalue weighted by Gasteiger charge is -2.12. The van der Waals surface area contributed by atoms with Gasteiger partial charge in [-0.3, -0.25) is 0 Å². The third-order valence-corrected chi connectivity index (χ3v) is 4.17. The van der Waals surface area contributed by atoms with E-state index in [9.17, 15) is 8.42 Å². The number of hydrogen-bond donors (Lipinski definition) is 2. The van der Waals surface area contributed by atoms with E-state index < -0.39 is 10.0 Å². The maximum absolute atomic E-state index is 12.3. The van der Waals surface area contributed by atoms with Crippen molar-refractivity contribution >= 4 is 10.0 Å². The van der Waals surface area contributed by atoms with Gasteiger partial charge in [0.2, 0.25) is 10.0 Å². The molecule has 0 saturated carbocycles. The maximum Gasteiger partial charge on any atom is 0.241 e. The minimum atomic E-state index is -3.66. The molecule has 0 amide bonds. The van der Waals surface area contributed by atoms with E-state index in [2.05, 4.69) is 16.6 Å². The van der Waals surface area contributed by atoms with Gasteiger partial charge in [0.05, 0.1) is 11.0 Å². The van der Waals surface area contributed by atoms with Crippen LogP contribution in [0.4, 0.5) is 0 Å². The molecule has 0 aliphatic carbocycles. The molecule has 1 aromatic carbocycles. The summed E-state index contributed by atoms with van der Waals surface area (Å²) in [6.07, 6.45) is -0.220. The van der Waals surface area contributed by atoms with Gasteiger partial charge in [-0.2, -0.15) is 0 Å². The molecule has 5 nitrogen and oxygen atoms in total. The molecular formula is C14H19NO4S. The molecule has 6 heteroatoms. The highest BCUT2D eigenvalue weighted by Gasteiger charge is 2.18. The van der Waals surface area contributed by atoms with E-state index in [-0.39, 0.29) is 24.2 Å². The number of methoxy groups -OCH3 is 1. The SMILES string of the molecule is COC(C)CNS(=O)(=O)c1ccc(C)cc1C#CCO. The molecule has 1 atom stereocenters. The Hall–Kier alpha value is -1.39. The van der Waals surface area contributed by atoms with Crippen molar-refractivity contribution in [2.24, 2.45) is 0 Å². The summed E-state index contributed by atoms with van der Waals surface area (Å²) in [5.74, 6) is 5.13. The van der Waals surface area contributed by atoms with Gasteiger partial charge >= 0.3 is 0 Å². The van der Waals surface area contributed by atoms with Crippen LogP contribution in [0.25, 0.3) is 0 Å². The molecule has 0 aliphatic heterocycles. The summed E-state index contributed by atoms with van der Waals surface area (Å²) in [5, 5.41) is 8.74. The molecule has 0 aromatic heterocycles. The number of nitrogens with one attached hydrogen (secondary N) is 1. The lowest BCUT2D eigenvalue weighted by Crippen LogP contribution is -2.32. The fourth-order valence-corrected chi connectivity index (χ4v) is 2.76. The molecule has 0 radical (unpaired) electrons. The average Bonchev–Trinajstić information content (AvgIpc) is 2.42. The first-order chi connectivity index (χ1) is 9.40.